The molecule has 0 saturated heterocycles. The maximum atomic E-state index is 12.7. The Kier molecular flexibility index (Phi) is 13.0. The van der Waals surface area contributed by atoms with Gasteiger partial charge in [-0.2, -0.15) is 43.5 Å². The van der Waals surface area contributed by atoms with E-state index in [1.165, 1.54) is 54.6 Å². The maximum absolute atomic E-state index is 12.7. The second-order valence-corrected chi connectivity index (χ2v) is 20.6. The molecular weight excluding hydrogens is 994 g/mol. The first-order valence-electron chi connectivity index (χ1n) is 18.0. The third kappa shape index (κ3) is 10.5. The zero-order valence-corrected chi connectivity index (χ0v) is 37.8. The number of hydrogen-bond donors (Lipinski definition) is 6. The fourth-order valence-electron chi connectivity index (χ4n) is 6.04. The maximum Gasteiger partial charge on any atom is 0.297 e. The van der Waals surface area contributed by atoms with Gasteiger partial charge < -0.3 is 14.9 Å². The molecule has 0 bridgehead atoms. The number of hydrogen-bond acceptors (Lipinski definition) is 20. The minimum absolute atomic E-state index is 0.0151. The highest BCUT2D eigenvalue weighted by atomic mass is 35.5. The first-order chi connectivity index (χ1) is 30.9. The zero-order chi connectivity index (χ0) is 47.9. The predicted octanol–water partition coefficient (Wildman–Crippen LogP) is 8.65. The highest BCUT2D eigenvalue weighted by molar-refractivity contribution is 7.87. The van der Waals surface area contributed by atoms with Gasteiger partial charge in [-0.1, -0.05) is 29.0 Å². The van der Waals surface area contributed by atoms with Gasteiger partial charge in [0.25, 0.3) is 40.5 Å². The van der Waals surface area contributed by atoms with Crippen LogP contribution in [0, 0.1) is 6.92 Å². The summed E-state index contributed by atoms with van der Waals surface area (Å²) in [4.78, 5) is 2.47. The highest BCUT2D eigenvalue weighted by Gasteiger charge is 2.24. The van der Waals surface area contributed by atoms with Crippen molar-refractivity contribution in [3.8, 4) is 23.1 Å². The lowest BCUT2D eigenvalue weighted by Gasteiger charge is -2.11. The second kappa shape index (κ2) is 18.1. The van der Waals surface area contributed by atoms with Crippen LogP contribution in [0.25, 0.3) is 26.7 Å². The molecule has 2 aromatic heterocycles. The molecule has 66 heavy (non-hydrogen) atoms. The van der Waals surface area contributed by atoms with E-state index in [0.29, 0.717) is 5.56 Å². The number of thiazole rings is 1. The lowest BCUT2D eigenvalue weighted by atomic mass is 10.1. The molecule has 24 nitrogen and oxygen atoms in total. The number of phenolic OH excluding ortho intramolecular Hbond substituents is 1. The van der Waals surface area contributed by atoms with Gasteiger partial charge in [0.2, 0.25) is 11.0 Å². The summed E-state index contributed by atoms with van der Waals surface area (Å²) in [7, 11) is -18.6. The molecule has 0 atom stereocenters. The Morgan fingerprint density at radius 2 is 1.30 bits per heavy atom. The van der Waals surface area contributed by atoms with Crippen LogP contribution in [-0.4, -0.2) is 89.2 Å². The van der Waals surface area contributed by atoms with E-state index in [-0.39, 0.29) is 78.4 Å². The van der Waals surface area contributed by atoms with Crippen molar-refractivity contribution in [3.63, 3.8) is 0 Å². The van der Waals surface area contributed by atoms with E-state index in [1.54, 1.807) is 6.92 Å². The van der Waals surface area contributed by atoms with Crippen molar-refractivity contribution in [2.75, 3.05) is 12.4 Å². The van der Waals surface area contributed by atoms with Crippen LogP contribution in [-0.2, 0) is 40.5 Å². The van der Waals surface area contributed by atoms with Crippen molar-refractivity contribution in [2.45, 2.75) is 28.0 Å². The van der Waals surface area contributed by atoms with Crippen LogP contribution in [0.15, 0.2) is 124 Å². The van der Waals surface area contributed by atoms with Crippen molar-refractivity contribution < 1.29 is 66.8 Å². The summed E-state index contributed by atoms with van der Waals surface area (Å²) >= 11 is 6.80. The molecular formula is C36H28ClN9O15S5. The number of benzene rings is 5. The van der Waals surface area contributed by atoms with Crippen LogP contribution in [0.3, 0.4) is 0 Å². The number of halogens is 1. The Balaban J connectivity index is 1.20. The first-order valence-corrected chi connectivity index (χ1v) is 25.2. The SMILES string of the molecule is Cc1cc(N=Nc2ccc3c(S(=O)(=O)O)c(N=Nc4cnn(-c5ccc(S(=O)(=O)O)cc5)c4O)ccc3c2O)c(OCCCS(=O)(=O)O)cc1N=Nc1nc2ccc(Cl)c(S(=O)(=O)O)c2s1. The van der Waals surface area contributed by atoms with Gasteiger partial charge in [-0.25, -0.2) is 4.98 Å². The van der Waals surface area contributed by atoms with Gasteiger partial charge >= 0.3 is 0 Å². The standard InChI is InChI=1S/C36H28ClN9O15S5/c1-18-15-28(30(61-13-2-14-63(49,50)51)16-27(18)42-45-36-39-25-12-9-23(37)34(32(25)62-36)66(58,59)60)43-40-24-10-8-22-21(31(24)47)7-11-26(33(22)65(55,56)57)41-44-29-17-38-46(35(29)48)19-3-5-20(6-4-19)64(52,53)54/h3-12,15-17,47-48H,2,13-14H2,1H3,(H,49,50,51)(H,52,53,54)(H,55,56,57)(H,58,59,60). The molecule has 7 aromatic rings. The van der Waals surface area contributed by atoms with Crippen LogP contribution in [0.4, 0.5) is 33.6 Å². The molecule has 5 aromatic carbocycles. The minimum Gasteiger partial charge on any atom is -0.505 e. The van der Waals surface area contributed by atoms with Crippen molar-refractivity contribution in [2.24, 2.45) is 30.7 Å². The highest BCUT2D eigenvalue weighted by Crippen LogP contribution is 2.44. The fourth-order valence-corrected chi connectivity index (χ4v) is 10.3. The smallest absolute Gasteiger partial charge is 0.297 e. The summed E-state index contributed by atoms with van der Waals surface area (Å²) in [6.07, 6.45) is 0.893. The lowest BCUT2D eigenvalue weighted by molar-refractivity contribution is 0.317. The average molecular weight is 1020 g/mol. The molecule has 0 spiro atoms. The van der Waals surface area contributed by atoms with Gasteiger partial charge in [0.15, 0.2) is 11.4 Å². The summed E-state index contributed by atoms with van der Waals surface area (Å²) in [5, 5.41) is 49.6. The van der Waals surface area contributed by atoms with Crippen molar-refractivity contribution in [3.05, 3.63) is 89.6 Å². The van der Waals surface area contributed by atoms with E-state index in [2.05, 4.69) is 40.8 Å². The molecule has 30 heteroatoms. The monoisotopic (exact) mass is 1020 g/mol. The van der Waals surface area contributed by atoms with Crippen LogP contribution < -0.4 is 4.74 Å². The first kappa shape index (κ1) is 47.5. The van der Waals surface area contributed by atoms with E-state index in [4.69, 9.17) is 16.3 Å². The zero-order valence-electron chi connectivity index (χ0n) is 32.9. The number of rotatable bonds is 15. The Hall–Kier alpha value is -6.41. The van der Waals surface area contributed by atoms with E-state index in [0.717, 1.165) is 40.4 Å². The van der Waals surface area contributed by atoms with Gasteiger partial charge in [0.05, 0.1) is 50.1 Å². The number of nitrogens with zero attached hydrogens (tertiary/aromatic N) is 9. The Bertz CT molecular complexity index is 3660. The molecule has 0 radical (unpaired) electrons. The van der Waals surface area contributed by atoms with E-state index in [1.807, 2.05) is 0 Å². The average Bonchev–Trinajstić information content (AvgIpc) is 3.81. The lowest BCUT2D eigenvalue weighted by Crippen LogP contribution is -2.08. The summed E-state index contributed by atoms with van der Waals surface area (Å²) in [6.45, 7) is 1.35. The van der Waals surface area contributed by atoms with Crippen LogP contribution in [0.5, 0.6) is 17.4 Å². The van der Waals surface area contributed by atoms with Crippen molar-refractivity contribution in [1.29, 1.82) is 0 Å². The normalized spacial score (nSPS) is 13.0. The summed E-state index contributed by atoms with van der Waals surface area (Å²) in [5.41, 5.74) is -0.00622. The topological polar surface area (TPSA) is 372 Å². The largest absolute Gasteiger partial charge is 0.505 e. The quantitative estimate of drug-likeness (QED) is 0.0318. The van der Waals surface area contributed by atoms with E-state index < -0.39 is 78.2 Å². The Morgan fingerprint density at radius 3 is 1.97 bits per heavy atom. The third-order valence-corrected chi connectivity index (χ3v) is 14.1. The van der Waals surface area contributed by atoms with Gasteiger partial charge in [0, 0.05) is 16.8 Å². The Labute approximate surface area is 381 Å². The van der Waals surface area contributed by atoms with Crippen LogP contribution in [0.2, 0.25) is 5.02 Å². The molecule has 0 amide bonds. The second-order valence-electron chi connectivity index (χ2n) is 13.5. The number of azo groups is 3. The number of ether oxygens (including phenoxy) is 1. The summed E-state index contributed by atoms with van der Waals surface area (Å²) in [6, 6.07) is 14.7. The predicted molar refractivity (Wildman–Crippen MR) is 235 cm³/mol. The van der Waals surface area contributed by atoms with Crippen molar-refractivity contribution >= 4 is 118 Å². The van der Waals surface area contributed by atoms with Gasteiger partial charge in [-0.15, -0.1) is 30.7 Å². The Morgan fingerprint density at radius 1 is 0.682 bits per heavy atom. The molecule has 0 aliphatic rings. The molecule has 0 unspecified atom stereocenters. The van der Waals surface area contributed by atoms with Crippen LogP contribution in [0.1, 0.15) is 12.0 Å². The van der Waals surface area contributed by atoms with Gasteiger partial charge in [0.1, 0.15) is 32.6 Å². The number of aryl methyl sites for hydroxylation is 1. The molecule has 0 aliphatic carbocycles. The number of aromatic hydroxyl groups is 2. The molecule has 0 fully saturated rings. The number of aromatic nitrogens is 3. The molecule has 344 valence electrons. The minimum atomic E-state index is -5.09. The molecule has 6 N–H and O–H groups in total. The van der Waals surface area contributed by atoms with Crippen molar-refractivity contribution in [1.82, 2.24) is 14.8 Å². The van der Waals surface area contributed by atoms with Crippen LogP contribution >= 0.6 is 22.9 Å². The third-order valence-electron chi connectivity index (χ3n) is 9.01. The summed E-state index contributed by atoms with van der Waals surface area (Å²) < 4.78 is 140. The number of phenols is 1. The van der Waals surface area contributed by atoms with E-state index >= 15 is 0 Å². The molecule has 2 heterocycles. The fraction of sp³-hybridized carbons (Fsp3) is 0.111. The summed E-state index contributed by atoms with van der Waals surface area (Å²) in [5.74, 6) is -1.87. The van der Waals surface area contributed by atoms with Gasteiger partial charge in [-0.3, -0.25) is 18.2 Å². The molecule has 0 aliphatic heterocycles. The molecule has 7 rings (SSSR count). The molecule has 0 saturated carbocycles. The number of fused-ring (bicyclic) bond motifs is 2. The van der Waals surface area contributed by atoms with E-state index in [9.17, 15) is 62.1 Å². The van der Waals surface area contributed by atoms with Gasteiger partial charge in [-0.05, 0) is 79.6 Å².